The van der Waals surface area contributed by atoms with E-state index in [1.807, 2.05) is 43.3 Å². The van der Waals surface area contributed by atoms with Crippen molar-refractivity contribution in [1.29, 1.82) is 0 Å². The highest BCUT2D eigenvalue weighted by Crippen LogP contribution is 2.26. The maximum absolute atomic E-state index is 10.7. The highest BCUT2D eigenvalue weighted by atomic mass is 16.5. The lowest BCUT2D eigenvalue weighted by Gasteiger charge is -2.17. The zero-order valence-corrected chi connectivity index (χ0v) is 14.2. The molecule has 25 heavy (non-hydrogen) atoms. The van der Waals surface area contributed by atoms with Crippen molar-refractivity contribution in [2.75, 3.05) is 19.7 Å². The molecule has 2 unspecified atom stereocenters. The van der Waals surface area contributed by atoms with Crippen LogP contribution in [0, 0.1) is 12.8 Å². The van der Waals surface area contributed by atoms with Crippen LogP contribution in [0.1, 0.15) is 23.1 Å². The minimum atomic E-state index is -0.481. The maximum Gasteiger partial charge on any atom is 0.255 e. The van der Waals surface area contributed by atoms with Gasteiger partial charge in [0.05, 0.1) is 6.04 Å². The Morgan fingerprint density at radius 2 is 2.12 bits per heavy atom. The van der Waals surface area contributed by atoms with Crippen LogP contribution < -0.4 is 26.6 Å². The van der Waals surface area contributed by atoms with Gasteiger partial charge < -0.3 is 20.2 Å². The first-order valence-electron chi connectivity index (χ1n) is 8.37. The van der Waals surface area contributed by atoms with Gasteiger partial charge in [-0.3, -0.25) is 10.2 Å². The van der Waals surface area contributed by atoms with Crippen molar-refractivity contribution < 1.29 is 13.9 Å². The molecule has 1 aromatic carbocycles. The summed E-state index contributed by atoms with van der Waals surface area (Å²) in [6.45, 7) is 4.36. The molecular formula is C18H24N4O3. The minimum absolute atomic E-state index is 0.104. The fourth-order valence-corrected chi connectivity index (χ4v) is 2.91. The molecule has 0 radical (unpaired) electrons. The van der Waals surface area contributed by atoms with Crippen molar-refractivity contribution in [1.82, 2.24) is 16.2 Å². The summed E-state index contributed by atoms with van der Waals surface area (Å²) in [5, 5.41) is 3.48. The van der Waals surface area contributed by atoms with Crippen molar-refractivity contribution in [3.63, 3.8) is 0 Å². The first-order chi connectivity index (χ1) is 12.1. The fourth-order valence-electron chi connectivity index (χ4n) is 2.91. The molecule has 1 aliphatic rings. The van der Waals surface area contributed by atoms with Gasteiger partial charge in [-0.15, -0.1) is 0 Å². The largest absolute Gasteiger partial charge is 0.484 e. The molecule has 0 aliphatic carbocycles. The Hall–Kier alpha value is -2.35. The number of carbonyl (C=O) groups excluding carboxylic acids is 1. The smallest absolute Gasteiger partial charge is 0.255 e. The van der Waals surface area contributed by atoms with E-state index in [9.17, 15) is 4.79 Å². The van der Waals surface area contributed by atoms with Crippen molar-refractivity contribution in [2.24, 2.45) is 11.7 Å². The number of nitrogens with one attached hydrogen (secondary N) is 3. The van der Waals surface area contributed by atoms with Crippen molar-refractivity contribution in [3.05, 3.63) is 53.5 Å². The molecule has 0 saturated carbocycles. The topological polar surface area (TPSA) is 102 Å². The summed E-state index contributed by atoms with van der Waals surface area (Å²) >= 11 is 0. The molecular weight excluding hydrogens is 320 g/mol. The quantitative estimate of drug-likeness (QED) is 0.570. The van der Waals surface area contributed by atoms with E-state index in [-0.39, 0.29) is 12.6 Å². The highest BCUT2D eigenvalue weighted by Gasteiger charge is 2.30. The molecule has 3 rings (SSSR count). The third-order valence-electron chi connectivity index (χ3n) is 4.20. The number of ether oxygens (including phenoxy) is 1. The molecule has 7 heteroatoms. The van der Waals surface area contributed by atoms with Crippen molar-refractivity contribution >= 4 is 5.91 Å². The van der Waals surface area contributed by atoms with Gasteiger partial charge >= 0.3 is 0 Å². The number of primary amides is 1. The van der Waals surface area contributed by atoms with Crippen LogP contribution >= 0.6 is 0 Å². The van der Waals surface area contributed by atoms with E-state index in [0.29, 0.717) is 11.7 Å². The van der Waals surface area contributed by atoms with Gasteiger partial charge in [-0.2, -0.15) is 0 Å². The molecule has 1 aromatic heterocycles. The van der Waals surface area contributed by atoms with E-state index in [0.717, 1.165) is 36.7 Å². The number of nitrogens with two attached hydrogens (primary N) is 1. The van der Waals surface area contributed by atoms with Crippen LogP contribution in [0.5, 0.6) is 5.75 Å². The Bertz CT molecular complexity index is 699. The maximum atomic E-state index is 10.7. The summed E-state index contributed by atoms with van der Waals surface area (Å²) < 4.78 is 11.0. The minimum Gasteiger partial charge on any atom is -0.484 e. The van der Waals surface area contributed by atoms with E-state index in [4.69, 9.17) is 14.9 Å². The fraction of sp³-hybridized carbons (Fsp3) is 0.389. The second kappa shape index (κ2) is 8.15. The van der Waals surface area contributed by atoms with E-state index >= 15 is 0 Å². The van der Waals surface area contributed by atoms with Crippen LogP contribution in [0.25, 0.3) is 0 Å². The number of hydrogen-bond donors (Lipinski definition) is 4. The SMILES string of the molecule is Cc1ccc(C2NNCC2CNCc2ccc(OCC(N)=O)cc2)o1. The van der Waals surface area contributed by atoms with Crippen LogP contribution in [-0.2, 0) is 11.3 Å². The summed E-state index contributed by atoms with van der Waals surface area (Å²) in [4.78, 5) is 10.7. The highest BCUT2D eigenvalue weighted by molar-refractivity contribution is 5.75. The third-order valence-corrected chi connectivity index (χ3v) is 4.20. The average Bonchev–Trinajstić information content (AvgIpc) is 3.22. The van der Waals surface area contributed by atoms with Gasteiger partial charge in [0.1, 0.15) is 17.3 Å². The number of hydrazine groups is 1. The Morgan fingerprint density at radius 3 is 2.80 bits per heavy atom. The van der Waals surface area contributed by atoms with Gasteiger partial charge in [-0.05, 0) is 36.8 Å². The number of hydrogen-bond acceptors (Lipinski definition) is 6. The molecule has 1 fully saturated rings. The molecule has 2 heterocycles. The molecule has 7 nitrogen and oxygen atoms in total. The Balaban J connectivity index is 1.46. The molecule has 2 aromatic rings. The van der Waals surface area contributed by atoms with Gasteiger partial charge in [0.15, 0.2) is 6.61 Å². The average molecular weight is 344 g/mol. The normalized spacial score (nSPS) is 19.9. The molecule has 5 N–H and O–H groups in total. The van der Waals surface area contributed by atoms with Crippen LogP contribution in [0.3, 0.4) is 0 Å². The molecule has 134 valence electrons. The van der Waals surface area contributed by atoms with Crippen LogP contribution in [-0.4, -0.2) is 25.6 Å². The van der Waals surface area contributed by atoms with Gasteiger partial charge in [0.25, 0.3) is 5.91 Å². The molecule has 0 spiro atoms. The van der Waals surface area contributed by atoms with Gasteiger partial charge in [0.2, 0.25) is 0 Å². The predicted octanol–water partition coefficient (Wildman–Crippen LogP) is 1.01. The molecule has 1 aliphatic heterocycles. The Morgan fingerprint density at radius 1 is 1.32 bits per heavy atom. The van der Waals surface area contributed by atoms with E-state index in [1.165, 1.54) is 0 Å². The number of furan rings is 1. The summed E-state index contributed by atoms with van der Waals surface area (Å²) in [6, 6.07) is 11.8. The van der Waals surface area contributed by atoms with Crippen LogP contribution in [0.4, 0.5) is 0 Å². The summed E-state index contributed by atoms with van der Waals surface area (Å²) in [5.74, 6) is 2.45. The first-order valence-corrected chi connectivity index (χ1v) is 8.37. The summed E-state index contributed by atoms with van der Waals surface area (Å²) in [5.41, 5.74) is 12.7. The first kappa shape index (κ1) is 17.5. The van der Waals surface area contributed by atoms with Gasteiger partial charge in [0, 0.05) is 25.6 Å². The zero-order valence-electron chi connectivity index (χ0n) is 14.2. The number of amides is 1. The second-order valence-electron chi connectivity index (χ2n) is 6.24. The monoisotopic (exact) mass is 344 g/mol. The van der Waals surface area contributed by atoms with Crippen LogP contribution in [0.15, 0.2) is 40.8 Å². The number of rotatable bonds is 8. The molecule has 1 saturated heterocycles. The molecule has 0 bridgehead atoms. The van der Waals surface area contributed by atoms with E-state index in [1.54, 1.807) is 0 Å². The van der Waals surface area contributed by atoms with Crippen LogP contribution in [0.2, 0.25) is 0 Å². The van der Waals surface area contributed by atoms with Crippen molar-refractivity contribution in [3.8, 4) is 5.75 Å². The van der Waals surface area contributed by atoms with E-state index < -0.39 is 5.91 Å². The Kier molecular flexibility index (Phi) is 5.70. The third kappa shape index (κ3) is 4.82. The second-order valence-corrected chi connectivity index (χ2v) is 6.24. The molecule has 2 atom stereocenters. The van der Waals surface area contributed by atoms with E-state index in [2.05, 4.69) is 16.2 Å². The lowest BCUT2D eigenvalue weighted by Crippen LogP contribution is -2.28. The van der Waals surface area contributed by atoms with Gasteiger partial charge in [-0.25, -0.2) is 5.43 Å². The van der Waals surface area contributed by atoms with Crippen molar-refractivity contribution in [2.45, 2.75) is 19.5 Å². The number of aryl methyl sites for hydroxylation is 1. The Labute approximate surface area is 146 Å². The van der Waals surface area contributed by atoms with Gasteiger partial charge in [-0.1, -0.05) is 12.1 Å². The summed E-state index contributed by atoms with van der Waals surface area (Å²) in [6.07, 6.45) is 0. The molecule has 1 amide bonds. The lowest BCUT2D eigenvalue weighted by molar-refractivity contribution is -0.119. The zero-order chi connectivity index (χ0) is 17.6. The standard InChI is InChI=1S/C18H24N4O3/c1-12-2-7-16(25-12)18-14(10-21-22-18)9-20-8-13-3-5-15(6-4-13)24-11-17(19)23/h2-7,14,18,20-22H,8-11H2,1H3,(H2,19,23). The number of carbonyl (C=O) groups is 1. The number of benzene rings is 1. The lowest BCUT2D eigenvalue weighted by atomic mass is 10.00. The predicted molar refractivity (Wildman–Crippen MR) is 93.7 cm³/mol. The summed E-state index contributed by atoms with van der Waals surface area (Å²) in [7, 11) is 0.